The molecule has 0 bridgehead atoms. The molecule has 5 heteroatoms. The highest BCUT2D eigenvalue weighted by atomic mass is 16.8. The predicted octanol–water partition coefficient (Wildman–Crippen LogP) is -0.385. The summed E-state index contributed by atoms with van der Waals surface area (Å²) < 4.78 is 16.9. The van der Waals surface area contributed by atoms with Crippen molar-refractivity contribution < 1.29 is 19.3 Å². The molecule has 4 atom stereocenters. The van der Waals surface area contributed by atoms with Crippen molar-refractivity contribution in [3.8, 4) is 0 Å². The SMILES string of the molecule is CC1(C)OC2C(O1)[C@@H](OCCO)C[C@H]2N. The third kappa shape index (κ3) is 2.16. The lowest BCUT2D eigenvalue weighted by Gasteiger charge is -2.22. The molecule has 0 aromatic carbocycles. The van der Waals surface area contributed by atoms with Gasteiger partial charge in [0, 0.05) is 6.04 Å². The fourth-order valence-electron chi connectivity index (χ4n) is 2.34. The zero-order valence-corrected chi connectivity index (χ0v) is 9.18. The van der Waals surface area contributed by atoms with Crippen LogP contribution in [0.1, 0.15) is 20.3 Å². The quantitative estimate of drug-likeness (QED) is 0.674. The molecule has 2 unspecified atom stereocenters. The first-order valence-electron chi connectivity index (χ1n) is 5.37. The van der Waals surface area contributed by atoms with E-state index in [-0.39, 0.29) is 31.0 Å². The van der Waals surface area contributed by atoms with E-state index in [1.54, 1.807) is 0 Å². The van der Waals surface area contributed by atoms with Crippen molar-refractivity contribution in [2.75, 3.05) is 13.2 Å². The maximum Gasteiger partial charge on any atom is 0.163 e. The van der Waals surface area contributed by atoms with Crippen LogP contribution >= 0.6 is 0 Å². The van der Waals surface area contributed by atoms with Gasteiger partial charge in [-0.05, 0) is 20.3 Å². The summed E-state index contributed by atoms with van der Waals surface area (Å²) in [7, 11) is 0. The molecule has 2 aliphatic rings. The lowest BCUT2D eigenvalue weighted by atomic mass is 10.2. The van der Waals surface area contributed by atoms with Crippen LogP contribution in [-0.4, -0.2) is 48.5 Å². The normalized spacial score (nSPS) is 43.2. The Balaban J connectivity index is 1.99. The van der Waals surface area contributed by atoms with E-state index in [0.29, 0.717) is 6.61 Å². The van der Waals surface area contributed by atoms with Crippen molar-refractivity contribution in [1.29, 1.82) is 0 Å². The monoisotopic (exact) mass is 217 g/mol. The molecule has 0 radical (unpaired) electrons. The van der Waals surface area contributed by atoms with E-state index >= 15 is 0 Å². The van der Waals surface area contributed by atoms with Crippen molar-refractivity contribution in [3.05, 3.63) is 0 Å². The summed E-state index contributed by atoms with van der Waals surface area (Å²) in [6.45, 7) is 4.10. The van der Waals surface area contributed by atoms with Gasteiger partial charge in [0.25, 0.3) is 0 Å². The topological polar surface area (TPSA) is 73.9 Å². The van der Waals surface area contributed by atoms with E-state index < -0.39 is 5.79 Å². The maximum atomic E-state index is 8.71. The minimum absolute atomic E-state index is 0.0212. The molecular formula is C10H19NO4. The summed E-state index contributed by atoms with van der Waals surface area (Å²) in [5.41, 5.74) is 5.96. The smallest absolute Gasteiger partial charge is 0.163 e. The van der Waals surface area contributed by atoms with Gasteiger partial charge in [0.05, 0.1) is 19.3 Å². The summed E-state index contributed by atoms with van der Waals surface area (Å²) >= 11 is 0. The first-order chi connectivity index (χ1) is 7.03. The van der Waals surface area contributed by atoms with Gasteiger partial charge in [-0.25, -0.2) is 0 Å². The number of nitrogens with two attached hydrogens (primary N) is 1. The van der Waals surface area contributed by atoms with Gasteiger partial charge in [-0.3, -0.25) is 0 Å². The molecule has 0 aromatic rings. The average Bonchev–Trinajstić information content (AvgIpc) is 2.60. The van der Waals surface area contributed by atoms with Crippen LogP contribution in [0.15, 0.2) is 0 Å². The van der Waals surface area contributed by atoms with Gasteiger partial charge in [0.2, 0.25) is 0 Å². The summed E-state index contributed by atoms with van der Waals surface area (Å²) in [6, 6.07) is -0.0412. The molecule has 1 saturated heterocycles. The molecule has 3 N–H and O–H groups in total. The van der Waals surface area contributed by atoms with Crippen LogP contribution in [0.25, 0.3) is 0 Å². The Labute approximate surface area is 89.5 Å². The second-order valence-electron chi connectivity index (χ2n) is 4.60. The fraction of sp³-hybridized carbons (Fsp3) is 1.00. The molecule has 15 heavy (non-hydrogen) atoms. The standard InChI is InChI=1S/C10H19NO4/c1-10(2)14-8-6(11)5-7(9(8)15-10)13-4-3-12/h6-9,12H,3-5,11H2,1-2H3/t6-,7+,8?,9?/m1/s1. The van der Waals surface area contributed by atoms with Gasteiger partial charge in [-0.1, -0.05) is 0 Å². The highest BCUT2D eigenvalue weighted by Gasteiger charge is 2.53. The molecule has 1 heterocycles. The molecule has 0 aromatic heterocycles. The van der Waals surface area contributed by atoms with Gasteiger partial charge in [-0.15, -0.1) is 0 Å². The summed E-state index contributed by atoms with van der Waals surface area (Å²) in [5, 5.41) is 8.71. The molecule has 5 nitrogen and oxygen atoms in total. The van der Waals surface area contributed by atoms with E-state index in [9.17, 15) is 0 Å². The van der Waals surface area contributed by atoms with Crippen molar-refractivity contribution in [2.24, 2.45) is 5.73 Å². The number of hydrogen-bond acceptors (Lipinski definition) is 5. The van der Waals surface area contributed by atoms with Gasteiger partial charge >= 0.3 is 0 Å². The zero-order chi connectivity index (χ0) is 11.1. The number of rotatable bonds is 3. The van der Waals surface area contributed by atoms with E-state index in [1.807, 2.05) is 13.8 Å². The predicted molar refractivity (Wildman–Crippen MR) is 53.2 cm³/mol. The number of hydrogen-bond donors (Lipinski definition) is 2. The third-order valence-corrected chi connectivity index (χ3v) is 2.88. The van der Waals surface area contributed by atoms with Gasteiger partial charge in [0.15, 0.2) is 5.79 Å². The zero-order valence-electron chi connectivity index (χ0n) is 9.18. The van der Waals surface area contributed by atoms with Gasteiger partial charge in [0.1, 0.15) is 12.2 Å². The minimum atomic E-state index is -0.575. The first kappa shape index (κ1) is 11.3. The van der Waals surface area contributed by atoms with Gasteiger partial charge < -0.3 is 25.1 Å². The number of ether oxygens (including phenoxy) is 3. The maximum absolute atomic E-state index is 8.71. The second kappa shape index (κ2) is 3.99. The molecule has 1 aliphatic carbocycles. The van der Waals surface area contributed by atoms with Crippen LogP contribution in [-0.2, 0) is 14.2 Å². The van der Waals surface area contributed by atoms with E-state index in [4.69, 9.17) is 25.1 Å². The van der Waals surface area contributed by atoms with Crippen LogP contribution in [0.5, 0.6) is 0 Å². The largest absolute Gasteiger partial charge is 0.394 e. The molecule has 0 amide bonds. The van der Waals surface area contributed by atoms with Crippen molar-refractivity contribution >= 4 is 0 Å². The van der Waals surface area contributed by atoms with E-state index in [2.05, 4.69) is 0 Å². The Bertz CT molecular complexity index is 233. The summed E-state index contributed by atoms with van der Waals surface area (Å²) in [6.07, 6.45) is 0.495. The molecule has 2 rings (SSSR count). The molecule has 0 spiro atoms. The van der Waals surface area contributed by atoms with E-state index in [0.717, 1.165) is 6.42 Å². The van der Waals surface area contributed by atoms with Crippen molar-refractivity contribution in [2.45, 2.75) is 50.4 Å². The number of fused-ring (bicyclic) bond motifs is 1. The van der Waals surface area contributed by atoms with Crippen LogP contribution in [0.4, 0.5) is 0 Å². The highest BCUT2D eigenvalue weighted by molar-refractivity contribution is 5.01. The Morgan fingerprint density at radius 2 is 2.07 bits per heavy atom. The summed E-state index contributed by atoms with van der Waals surface area (Å²) in [4.78, 5) is 0. The molecule has 1 aliphatic heterocycles. The van der Waals surface area contributed by atoms with Crippen molar-refractivity contribution in [1.82, 2.24) is 0 Å². The Morgan fingerprint density at radius 3 is 2.73 bits per heavy atom. The second-order valence-corrected chi connectivity index (χ2v) is 4.60. The van der Waals surface area contributed by atoms with Crippen LogP contribution in [0, 0.1) is 0 Å². The number of aliphatic hydroxyl groups is 1. The molecule has 2 fully saturated rings. The van der Waals surface area contributed by atoms with Crippen LogP contribution in [0.3, 0.4) is 0 Å². The third-order valence-electron chi connectivity index (χ3n) is 2.88. The first-order valence-corrected chi connectivity index (χ1v) is 5.37. The lowest BCUT2D eigenvalue weighted by molar-refractivity contribution is -0.168. The van der Waals surface area contributed by atoms with Crippen LogP contribution < -0.4 is 5.73 Å². The Morgan fingerprint density at radius 1 is 1.40 bits per heavy atom. The highest BCUT2D eigenvalue weighted by Crippen LogP contribution is 2.38. The van der Waals surface area contributed by atoms with E-state index in [1.165, 1.54) is 0 Å². The summed E-state index contributed by atoms with van der Waals surface area (Å²) in [5.74, 6) is -0.575. The number of aliphatic hydroxyl groups excluding tert-OH is 1. The minimum Gasteiger partial charge on any atom is -0.394 e. The van der Waals surface area contributed by atoms with Gasteiger partial charge in [-0.2, -0.15) is 0 Å². The average molecular weight is 217 g/mol. The fourth-order valence-corrected chi connectivity index (χ4v) is 2.34. The molecule has 1 saturated carbocycles. The van der Waals surface area contributed by atoms with Crippen molar-refractivity contribution in [3.63, 3.8) is 0 Å². The molecular weight excluding hydrogens is 198 g/mol. The Kier molecular flexibility index (Phi) is 3.00. The Hall–Kier alpha value is -0.200. The molecule has 88 valence electrons. The van der Waals surface area contributed by atoms with Crippen LogP contribution in [0.2, 0.25) is 0 Å². The lowest BCUT2D eigenvalue weighted by Crippen LogP contribution is -2.35.